The smallest absolute Gasteiger partial charge is 0.197 e. The highest BCUT2D eigenvalue weighted by molar-refractivity contribution is 7.82. The molecule has 1 aliphatic rings. The number of hydrogen-bond donors (Lipinski definition) is 1. The second-order valence-electron chi connectivity index (χ2n) is 1.07. The number of rotatable bonds is 0. The lowest BCUT2D eigenvalue weighted by Crippen LogP contribution is -2.07. The van der Waals surface area contributed by atoms with E-state index >= 15 is 0 Å². The van der Waals surface area contributed by atoms with Crippen molar-refractivity contribution in [2.45, 2.75) is 5.12 Å². The quantitative estimate of drug-likeness (QED) is 0.365. The van der Waals surface area contributed by atoms with Gasteiger partial charge in [0, 0.05) is 0 Å². The molecule has 0 bridgehead atoms. The van der Waals surface area contributed by atoms with Gasteiger partial charge in [0.2, 0.25) is 0 Å². The van der Waals surface area contributed by atoms with Crippen molar-refractivity contribution >= 4 is 18.8 Å². The van der Waals surface area contributed by atoms with E-state index < -0.39 is 5.12 Å². The van der Waals surface area contributed by atoms with Gasteiger partial charge in [0.1, 0.15) is 6.21 Å². The topological polar surface area (TPSA) is 37.1 Å². The van der Waals surface area contributed by atoms with E-state index in [1.54, 1.807) is 0 Å². The van der Waals surface area contributed by atoms with Crippen LogP contribution in [0.25, 0.3) is 0 Å². The highest BCUT2D eigenvalue weighted by atomic mass is 32.1. The molecule has 0 aliphatic carbocycles. The molecule has 0 aromatic heterocycles. The molecule has 0 saturated heterocycles. The summed E-state index contributed by atoms with van der Waals surface area (Å²) in [5.41, 5.74) is 0. The molecule has 0 fully saturated rings. The monoisotopic (exact) mass is 119 g/mol. The van der Waals surface area contributed by atoms with E-state index in [2.05, 4.69) is 28.1 Å². The Morgan fingerprint density at radius 3 is 2.57 bits per heavy atom. The third kappa shape index (κ3) is 0.957. The normalized spacial score (nSPS) is 37.4. The predicted molar refractivity (Wildman–Crippen MR) is 26.2 cm³/mol. The summed E-state index contributed by atoms with van der Waals surface area (Å²) < 4.78 is 12.1. The molecule has 3 nitrogen and oxygen atoms in total. The maximum absolute atomic E-state index is 12.1. The summed E-state index contributed by atoms with van der Waals surface area (Å²) in [5, 5.41) is 7.12. The summed E-state index contributed by atoms with van der Waals surface area (Å²) in [7, 11) is 0. The van der Waals surface area contributed by atoms with E-state index in [0.717, 1.165) is 6.21 Å². The van der Waals surface area contributed by atoms with Crippen molar-refractivity contribution in [2.75, 3.05) is 0 Å². The summed E-state index contributed by atoms with van der Waals surface area (Å²) in [5.74, 6) is 0. The Balaban J connectivity index is 2.77. The fourth-order valence-corrected chi connectivity index (χ4v) is 0.305. The Morgan fingerprint density at radius 2 is 2.43 bits per heavy atom. The van der Waals surface area contributed by atoms with Crippen LogP contribution in [0.1, 0.15) is 0 Å². The molecule has 7 heavy (non-hydrogen) atoms. The zero-order valence-electron chi connectivity index (χ0n) is 3.24. The van der Waals surface area contributed by atoms with Gasteiger partial charge in [0.15, 0.2) is 0 Å². The zero-order chi connectivity index (χ0) is 5.33. The van der Waals surface area contributed by atoms with Gasteiger partial charge in [0.05, 0.1) is 0 Å². The number of hydrogen-bond acceptors (Lipinski definition) is 4. The molecular formula is C2H2FN3S. The molecule has 0 amide bonds. The molecule has 1 unspecified atom stereocenters. The molecule has 1 heterocycles. The van der Waals surface area contributed by atoms with E-state index in [1.165, 1.54) is 0 Å². The lowest BCUT2D eigenvalue weighted by molar-refractivity contribution is 0.401. The van der Waals surface area contributed by atoms with Gasteiger partial charge < -0.3 is 0 Å². The van der Waals surface area contributed by atoms with Crippen molar-refractivity contribution in [3.63, 3.8) is 0 Å². The zero-order valence-corrected chi connectivity index (χ0v) is 4.14. The first kappa shape index (κ1) is 4.70. The van der Waals surface area contributed by atoms with Crippen LogP contribution >= 0.6 is 12.6 Å². The average molecular weight is 119 g/mol. The van der Waals surface area contributed by atoms with Gasteiger partial charge in [-0.25, -0.2) is 0 Å². The SMILES string of the molecule is FC1(S)C=NN=N1. The van der Waals surface area contributed by atoms with Gasteiger partial charge in [-0.2, -0.15) is 4.39 Å². The van der Waals surface area contributed by atoms with Crippen LogP contribution in [0.5, 0.6) is 0 Å². The maximum Gasteiger partial charge on any atom is 0.301 e. The molecule has 0 aromatic carbocycles. The number of thiol groups is 1. The van der Waals surface area contributed by atoms with Crippen LogP contribution in [0.3, 0.4) is 0 Å². The first-order valence-corrected chi connectivity index (χ1v) is 2.03. The van der Waals surface area contributed by atoms with Crippen LogP contribution in [0.15, 0.2) is 15.4 Å². The van der Waals surface area contributed by atoms with Gasteiger partial charge in [-0.1, -0.05) is 0 Å². The Morgan fingerprint density at radius 1 is 1.71 bits per heavy atom. The molecule has 1 rings (SSSR count). The highest BCUT2D eigenvalue weighted by Gasteiger charge is 2.23. The summed E-state index contributed by atoms with van der Waals surface area (Å²) >= 11 is 3.37. The lowest BCUT2D eigenvalue weighted by Gasteiger charge is -1.95. The maximum atomic E-state index is 12.1. The molecule has 1 atom stereocenters. The lowest BCUT2D eigenvalue weighted by atomic mass is 10.7. The van der Waals surface area contributed by atoms with Crippen molar-refractivity contribution in [1.29, 1.82) is 0 Å². The van der Waals surface area contributed by atoms with Crippen molar-refractivity contribution in [3.05, 3.63) is 0 Å². The summed E-state index contributed by atoms with van der Waals surface area (Å²) in [6.45, 7) is 0. The standard InChI is InChI=1S/C2H2FN3S/c3-2(7)1-4-6-5-2/h1,7H. The third-order valence-corrected chi connectivity index (χ3v) is 0.664. The first-order chi connectivity index (χ1) is 3.21. The van der Waals surface area contributed by atoms with Gasteiger partial charge in [-0.15, -0.1) is 22.8 Å². The van der Waals surface area contributed by atoms with Crippen LogP contribution in [-0.4, -0.2) is 11.3 Å². The molecule has 38 valence electrons. The van der Waals surface area contributed by atoms with Crippen molar-refractivity contribution in [1.82, 2.24) is 0 Å². The third-order valence-electron chi connectivity index (χ3n) is 0.459. The Labute approximate surface area is 44.7 Å². The molecule has 0 spiro atoms. The largest absolute Gasteiger partial charge is 0.301 e. The number of alkyl halides is 1. The minimum atomic E-state index is -1.94. The fourth-order valence-electron chi connectivity index (χ4n) is 0.214. The second kappa shape index (κ2) is 1.26. The van der Waals surface area contributed by atoms with Crippen LogP contribution in [0, 0.1) is 0 Å². The summed E-state index contributed by atoms with van der Waals surface area (Å²) in [6, 6.07) is 0. The van der Waals surface area contributed by atoms with Crippen LogP contribution in [-0.2, 0) is 0 Å². The van der Waals surface area contributed by atoms with E-state index in [4.69, 9.17) is 0 Å². The van der Waals surface area contributed by atoms with Crippen molar-refractivity contribution in [3.8, 4) is 0 Å². The minimum Gasteiger partial charge on any atom is -0.197 e. The average Bonchev–Trinajstić information content (AvgIpc) is 1.84. The fraction of sp³-hybridized carbons (Fsp3) is 0.500. The molecule has 0 saturated carbocycles. The Kier molecular flexibility index (Phi) is 0.846. The van der Waals surface area contributed by atoms with E-state index in [0.29, 0.717) is 0 Å². The first-order valence-electron chi connectivity index (χ1n) is 1.58. The van der Waals surface area contributed by atoms with Crippen LogP contribution in [0.2, 0.25) is 0 Å². The highest BCUT2D eigenvalue weighted by Crippen LogP contribution is 2.19. The van der Waals surface area contributed by atoms with E-state index in [1.807, 2.05) is 0 Å². The van der Waals surface area contributed by atoms with Gasteiger partial charge in [-0.3, -0.25) is 0 Å². The van der Waals surface area contributed by atoms with Crippen molar-refractivity contribution < 1.29 is 4.39 Å². The molecule has 5 heteroatoms. The van der Waals surface area contributed by atoms with Gasteiger partial charge >= 0.3 is 5.12 Å². The second-order valence-corrected chi connectivity index (χ2v) is 1.70. The van der Waals surface area contributed by atoms with E-state index in [9.17, 15) is 4.39 Å². The molecule has 0 N–H and O–H groups in total. The summed E-state index contributed by atoms with van der Waals surface area (Å²) in [6.07, 6.45) is 0.913. The molecular weight excluding hydrogens is 117 g/mol. The van der Waals surface area contributed by atoms with Crippen LogP contribution < -0.4 is 0 Å². The molecule has 1 aliphatic heterocycles. The molecule has 0 radical (unpaired) electrons. The van der Waals surface area contributed by atoms with Crippen molar-refractivity contribution in [2.24, 2.45) is 15.4 Å². The number of nitrogens with zero attached hydrogens (tertiary/aromatic N) is 3. The van der Waals surface area contributed by atoms with Gasteiger partial charge in [0.25, 0.3) is 0 Å². The predicted octanol–water partition coefficient (Wildman–Crippen LogP) is 0.991. The molecule has 0 aromatic rings. The number of halogens is 1. The Bertz CT molecular complexity index is 115. The van der Waals surface area contributed by atoms with Crippen LogP contribution in [0.4, 0.5) is 4.39 Å². The Hall–Kier alpha value is -0.450. The van der Waals surface area contributed by atoms with E-state index in [-0.39, 0.29) is 0 Å². The minimum absolute atomic E-state index is 0.913. The van der Waals surface area contributed by atoms with Gasteiger partial charge in [-0.05, 0) is 5.22 Å². The summed E-state index contributed by atoms with van der Waals surface area (Å²) in [4.78, 5) is 0.